The van der Waals surface area contributed by atoms with Gasteiger partial charge >= 0.3 is 7.82 Å². The van der Waals surface area contributed by atoms with Crippen molar-refractivity contribution in [1.82, 2.24) is 14.6 Å². The van der Waals surface area contributed by atoms with Gasteiger partial charge in [0.1, 0.15) is 42.0 Å². The Hall–Kier alpha value is -3.45. The number of aromatic nitrogens is 3. The second-order valence-electron chi connectivity index (χ2n) is 14.8. The fourth-order valence-corrected chi connectivity index (χ4v) is 7.87. The van der Waals surface area contributed by atoms with Gasteiger partial charge in [-0.05, 0) is 36.8 Å². The van der Waals surface area contributed by atoms with Gasteiger partial charge in [0.15, 0.2) is 11.4 Å². The molecule has 57 heavy (non-hydrogen) atoms. The van der Waals surface area contributed by atoms with Crippen LogP contribution in [0.25, 0.3) is 5.52 Å². The first-order valence-corrected chi connectivity index (χ1v) is 22.1. The zero-order valence-electron chi connectivity index (χ0n) is 33.6. The number of rotatable bonds is 29. The van der Waals surface area contributed by atoms with Gasteiger partial charge in [0.05, 0.1) is 37.1 Å². The Morgan fingerprint density at radius 2 is 1.63 bits per heavy atom. The number of nitrogens with two attached hydrogens (primary N) is 1. The molecule has 4 rings (SSSR count). The van der Waals surface area contributed by atoms with Crippen LogP contribution in [0.3, 0.4) is 0 Å². The fourth-order valence-electron chi connectivity index (χ4n) is 7.10. The Labute approximate surface area is 337 Å². The molecule has 1 saturated heterocycles. The number of nitrogen functional groups attached to an aromatic ring is 1. The molecule has 6 atom stereocenters. The number of hydrogen-bond acceptors (Lipinski definition) is 13. The first-order valence-electron chi connectivity index (χ1n) is 20.6. The SMILES string of the molecule is CCCCCCCCCCCCCCCCCCOC[C@H](COP(=O)(O)OC[C@H]1O[C@@](C=NC)(c2ccc3c(N)ncnn23)[C@H](O)[C@@H]1O)Oc1cccc(C#N)c1. The van der Waals surface area contributed by atoms with Crippen molar-refractivity contribution in [2.24, 2.45) is 4.99 Å². The Bertz CT molecular complexity index is 1740. The molecule has 316 valence electrons. The summed E-state index contributed by atoms with van der Waals surface area (Å²) in [6, 6.07) is 11.9. The highest BCUT2D eigenvalue weighted by atomic mass is 31.2. The number of unbranched alkanes of at least 4 members (excludes halogenated alkanes) is 15. The number of aliphatic hydroxyl groups excluding tert-OH is 2. The van der Waals surface area contributed by atoms with Crippen LogP contribution < -0.4 is 10.5 Å². The average molecular weight is 815 g/mol. The Morgan fingerprint density at radius 3 is 2.26 bits per heavy atom. The summed E-state index contributed by atoms with van der Waals surface area (Å²) in [6.07, 6.45) is 17.8. The van der Waals surface area contributed by atoms with E-state index in [4.69, 9.17) is 29.0 Å². The van der Waals surface area contributed by atoms with Gasteiger partial charge in [0.2, 0.25) is 0 Å². The summed E-state index contributed by atoms with van der Waals surface area (Å²) in [5.74, 6) is 0.564. The summed E-state index contributed by atoms with van der Waals surface area (Å²) in [5, 5.41) is 35.8. The predicted octanol–water partition coefficient (Wildman–Crippen LogP) is 7.06. The molecular formula is C41H63N6O9P. The lowest BCUT2D eigenvalue weighted by molar-refractivity contribution is -0.0551. The smallest absolute Gasteiger partial charge is 0.472 e. The summed E-state index contributed by atoms with van der Waals surface area (Å²) in [4.78, 5) is 18.7. The van der Waals surface area contributed by atoms with Crippen molar-refractivity contribution in [2.45, 2.75) is 140 Å². The molecule has 16 heteroatoms. The van der Waals surface area contributed by atoms with Crippen molar-refractivity contribution in [3.8, 4) is 11.8 Å². The zero-order chi connectivity index (χ0) is 40.9. The normalized spacial score (nSPS) is 21.2. The molecule has 0 amide bonds. The van der Waals surface area contributed by atoms with Crippen LogP contribution in [0.5, 0.6) is 5.75 Å². The molecule has 1 unspecified atom stereocenters. The van der Waals surface area contributed by atoms with Crippen LogP contribution in [0.2, 0.25) is 0 Å². The third kappa shape index (κ3) is 14.4. The van der Waals surface area contributed by atoms with E-state index in [9.17, 15) is 24.9 Å². The van der Waals surface area contributed by atoms with Crippen molar-refractivity contribution >= 4 is 25.4 Å². The van der Waals surface area contributed by atoms with E-state index in [1.165, 1.54) is 108 Å². The highest BCUT2D eigenvalue weighted by molar-refractivity contribution is 7.47. The molecule has 1 aliphatic heterocycles. The molecule has 0 bridgehead atoms. The first kappa shape index (κ1) is 46.2. The van der Waals surface area contributed by atoms with Crippen LogP contribution in [-0.4, -0.2) is 93.8 Å². The first-order chi connectivity index (χ1) is 27.6. The summed E-state index contributed by atoms with van der Waals surface area (Å²) in [7, 11) is -3.27. The number of aliphatic hydroxyl groups is 2. The van der Waals surface area contributed by atoms with E-state index in [1.54, 1.807) is 36.4 Å². The minimum Gasteiger partial charge on any atom is -0.486 e. The Balaban J connectivity index is 1.20. The molecule has 3 aromatic rings. The molecule has 1 aliphatic rings. The van der Waals surface area contributed by atoms with Crippen molar-refractivity contribution in [3.05, 3.63) is 54.0 Å². The Kier molecular flexibility index (Phi) is 19.8. The lowest BCUT2D eigenvalue weighted by atomic mass is 9.92. The molecule has 3 heterocycles. The van der Waals surface area contributed by atoms with Gasteiger partial charge < -0.3 is 35.1 Å². The number of benzene rings is 1. The average Bonchev–Trinajstić information content (AvgIpc) is 3.75. The van der Waals surface area contributed by atoms with Crippen molar-refractivity contribution in [2.75, 3.05) is 39.2 Å². The highest BCUT2D eigenvalue weighted by Crippen LogP contribution is 2.46. The molecule has 5 N–H and O–H groups in total. The Morgan fingerprint density at radius 1 is 0.982 bits per heavy atom. The summed E-state index contributed by atoms with van der Waals surface area (Å²) in [6.45, 7) is 1.81. The third-order valence-electron chi connectivity index (χ3n) is 10.2. The summed E-state index contributed by atoms with van der Waals surface area (Å²) in [5.41, 5.74) is 5.42. The quantitative estimate of drug-likeness (QED) is 0.0314. The maximum absolute atomic E-state index is 13.1. The topological polar surface area (TPSA) is 216 Å². The number of aliphatic imine (C=N–C) groups is 1. The van der Waals surface area contributed by atoms with E-state index in [2.05, 4.69) is 28.1 Å². The van der Waals surface area contributed by atoms with Crippen LogP contribution in [-0.2, 0) is 28.7 Å². The van der Waals surface area contributed by atoms with Gasteiger partial charge in [-0.15, -0.1) is 0 Å². The van der Waals surface area contributed by atoms with E-state index in [1.807, 2.05) is 0 Å². The lowest BCUT2D eigenvalue weighted by Crippen LogP contribution is -2.43. The van der Waals surface area contributed by atoms with Gasteiger partial charge in [-0.25, -0.2) is 14.1 Å². The minimum atomic E-state index is -4.74. The number of phosphoric acid groups is 1. The van der Waals surface area contributed by atoms with E-state index >= 15 is 0 Å². The number of nitriles is 1. The van der Waals surface area contributed by atoms with E-state index < -0.39 is 44.4 Å². The van der Waals surface area contributed by atoms with Crippen LogP contribution >= 0.6 is 7.82 Å². The maximum Gasteiger partial charge on any atom is 0.472 e. The maximum atomic E-state index is 13.1. The molecular weight excluding hydrogens is 751 g/mol. The van der Waals surface area contributed by atoms with Gasteiger partial charge in [-0.3, -0.25) is 14.0 Å². The number of phosphoric ester groups is 1. The van der Waals surface area contributed by atoms with Gasteiger partial charge in [-0.1, -0.05) is 109 Å². The van der Waals surface area contributed by atoms with Crippen LogP contribution in [0.4, 0.5) is 5.82 Å². The molecule has 2 aromatic heterocycles. The predicted molar refractivity (Wildman–Crippen MR) is 218 cm³/mol. The summed E-state index contributed by atoms with van der Waals surface area (Å²) >= 11 is 0. The second-order valence-corrected chi connectivity index (χ2v) is 16.2. The van der Waals surface area contributed by atoms with Crippen LogP contribution in [0.1, 0.15) is 121 Å². The van der Waals surface area contributed by atoms with Crippen molar-refractivity contribution in [1.29, 1.82) is 5.26 Å². The largest absolute Gasteiger partial charge is 0.486 e. The summed E-state index contributed by atoms with van der Waals surface area (Å²) < 4.78 is 43.1. The fraction of sp³-hybridized carbons (Fsp3) is 0.659. The lowest BCUT2D eigenvalue weighted by Gasteiger charge is -2.27. The standard InChI is InChI=1S/C41H63N6O9P/c1-3-4-5-6-7-8-9-10-11-12-13-14-15-16-17-18-24-52-27-34(55-33-21-19-20-32(25-33)26-42)28-53-57(50,51)54-29-36-38(48)39(49)41(56-36,30-44-2)37-23-22-35-40(43)45-31-46-47(35)37/h19-23,25,30-31,34,36,38-39,48-49H,3-18,24,27-29H2,1-2H3,(H,50,51)(H2,43,45,46)/t34-,36-,38-,39-,41+/m1/s1. The number of fused-ring (bicyclic) bond motifs is 1. The van der Waals surface area contributed by atoms with Crippen LogP contribution in [0.15, 0.2) is 47.7 Å². The molecule has 0 radical (unpaired) electrons. The molecule has 1 aromatic carbocycles. The number of ether oxygens (including phenoxy) is 3. The molecule has 0 aliphatic carbocycles. The van der Waals surface area contributed by atoms with Gasteiger partial charge in [-0.2, -0.15) is 10.4 Å². The second kappa shape index (κ2) is 24.5. The molecule has 1 fully saturated rings. The monoisotopic (exact) mass is 814 g/mol. The number of hydrogen-bond donors (Lipinski definition) is 4. The van der Waals surface area contributed by atoms with Gasteiger partial charge in [0, 0.05) is 19.9 Å². The molecule has 0 saturated carbocycles. The van der Waals surface area contributed by atoms with E-state index in [0.29, 0.717) is 29.1 Å². The number of anilines is 1. The highest BCUT2D eigenvalue weighted by Gasteiger charge is 2.56. The van der Waals surface area contributed by atoms with E-state index in [0.717, 1.165) is 19.3 Å². The van der Waals surface area contributed by atoms with E-state index in [-0.39, 0.29) is 19.0 Å². The van der Waals surface area contributed by atoms with Crippen LogP contribution in [0, 0.1) is 11.3 Å². The molecule has 0 spiro atoms. The van der Waals surface area contributed by atoms with Crippen molar-refractivity contribution in [3.63, 3.8) is 0 Å². The molecule has 15 nitrogen and oxygen atoms in total. The van der Waals surface area contributed by atoms with Crippen molar-refractivity contribution < 1.29 is 42.9 Å². The zero-order valence-corrected chi connectivity index (χ0v) is 34.5. The third-order valence-corrected chi connectivity index (χ3v) is 11.2. The number of nitrogens with zero attached hydrogens (tertiary/aromatic N) is 5. The minimum absolute atomic E-state index is 0.0599. The van der Waals surface area contributed by atoms with Gasteiger partial charge in [0.25, 0.3) is 0 Å².